The van der Waals surface area contributed by atoms with Crippen LogP contribution in [0.5, 0.6) is 5.75 Å². The molecule has 1 heterocycles. The summed E-state index contributed by atoms with van der Waals surface area (Å²) in [6, 6.07) is 12.6. The fraction of sp³-hybridized carbons (Fsp3) is 0.360. The zero-order valence-electron chi connectivity index (χ0n) is 18.2. The van der Waals surface area contributed by atoms with E-state index < -0.39 is 0 Å². The minimum atomic E-state index is -0.361. The van der Waals surface area contributed by atoms with Crippen molar-refractivity contribution in [1.29, 1.82) is 0 Å². The topological polar surface area (TPSA) is 61.9 Å². The van der Waals surface area contributed by atoms with Gasteiger partial charge in [-0.25, -0.2) is 4.39 Å². The van der Waals surface area contributed by atoms with Gasteiger partial charge in [-0.05, 0) is 54.3 Å². The molecule has 2 aromatic carbocycles. The van der Waals surface area contributed by atoms with Gasteiger partial charge in [-0.15, -0.1) is 0 Å². The fourth-order valence-corrected chi connectivity index (χ4v) is 3.71. The second-order valence-electron chi connectivity index (χ2n) is 8.27. The molecule has 168 valence electrons. The molecule has 6 nitrogen and oxygen atoms in total. The van der Waals surface area contributed by atoms with Crippen molar-refractivity contribution in [2.75, 3.05) is 33.3 Å². The summed E-state index contributed by atoms with van der Waals surface area (Å²) in [5.74, 6) is -0.197. The highest BCUT2D eigenvalue weighted by Crippen LogP contribution is 2.20. The summed E-state index contributed by atoms with van der Waals surface area (Å²) in [6.07, 6.45) is 5.47. The Morgan fingerprint density at radius 3 is 2.44 bits per heavy atom. The minimum Gasteiger partial charge on any atom is -0.494 e. The Morgan fingerprint density at radius 1 is 1.09 bits per heavy atom. The van der Waals surface area contributed by atoms with Crippen LogP contribution in [0.15, 0.2) is 48.5 Å². The van der Waals surface area contributed by atoms with E-state index >= 15 is 0 Å². The second-order valence-corrected chi connectivity index (χ2v) is 8.27. The van der Waals surface area contributed by atoms with E-state index in [9.17, 15) is 14.0 Å². The number of methoxy groups -OCH3 is 1. The van der Waals surface area contributed by atoms with Crippen molar-refractivity contribution in [3.05, 3.63) is 71.0 Å². The Bertz CT molecular complexity index is 994. The predicted octanol–water partition coefficient (Wildman–Crippen LogP) is 3.08. The lowest BCUT2D eigenvalue weighted by Crippen LogP contribution is -2.47. The van der Waals surface area contributed by atoms with Gasteiger partial charge in [-0.2, -0.15) is 0 Å². The van der Waals surface area contributed by atoms with E-state index in [2.05, 4.69) is 10.2 Å². The van der Waals surface area contributed by atoms with Gasteiger partial charge in [0.05, 0.1) is 7.11 Å². The highest BCUT2D eigenvalue weighted by atomic mass is 19.1. The summed E-state index contributed by atoms with van der Waals surface area (Å²) < 4.78 is 18.8. The molecule has 0 bridgehead atoms. The van der Waals surface area contributed by atoms with E-state index in [0.29, 0.717) is 31.2 Å². The number of carbonyl (C=O) groups excluding carboxylic acids is 2. The monoisotopic (exact) mass is 437 g/mol. The third-order valence-corrected chi connectivity index (χ3v) is 5.81. The Balaban J connectivity index is 1.24. The van der Waals surface area contributed by atoms with Gasteiger partial charge >= 0.3 is 0 Å². The lowest BCUT2D eigenvalue weighted by atomic mass is 10.1. The zero-order chi connectivity index (χ0) is 22.5. The van der Waals surface area contributed by atoms with Crippen LogP contribution in [0.25, 0.3) is 6.08 Å². The maximum atomic E-state index is 13.9. The molecule has 1 N–H and O–H groups in total. The molecule has 0 spiro atoms. The van der Waals surface area contributed by atoms with Crippen LogP contribution in [0.1, 0.15) is 34.3 Å². The van der Waals surface area contributed by atoms with Crippen LogP contribution < -0.4 is 10.1 Å². The molecule has 2 fully saturated rings. The fourth-order valence-electron chi connectivity index (χ4n) is 3.71. The number of benzene rings is 2. The van der Waals surface area contributed by atoms with E-state index in [-0.39, 0.29) is 23.4 Å². The number of hydrogen-bond donors (Lipinski definition) is 1. The lowest BCUT2D eigenvalue weighted by molar-refractivity contribution is -0.127. The first-order valence-corrected chi connectivity index (χ1v) is 10.9. The van der Waals surface area contributed by atoms with Crippen molar-refractivity contribution in [1.82, 2.24) is 15.1 Å². The van der Waals surface area contributed by atoms with E-state index in [0.717, 1.165) is 37.1 Å². The number of ether oxygens (including phenoxy) is 1. The summed E-state index contributed by atoms with van der Waals surface area (Å²) >= 11 is 0. The van der Waals surface area contributed by atoms with Gasteiger partial charge in [0.2, 0.25) is 5.91 Å². The average Bonchev–Trinajstić information content (AvgIpc) is 3.62. The standard InChI is InChI=1S/C25H28FN3O3/c1-32-23-10-4-19(16-22(23)26)17-28-12-14-29(15-13-28)24(30)11-5-18-2-6-20(7-3-18)25(31)27-21-8-9-21/h2-7,10-11,16,21H,8-9,12-15,17H2,1H3,(H,27,31)/b11-5+. The normalized spacial score (nSPS) is 16.9. The number of rotatable bonds is 7. The van der Waals surface area contributed by atoms with Crippen molar-refractivity contribution >= 4 is 17.9 Å². The molecule has 2 amide bonds. The number of carbonyl (C=O) groups is 2. The van der Waals surface area contributed by atoms with Crippen LogP contribution in [-0.4, -0.2) is 60.9 Å². The Hall–Kier alpha value is -3.19. The maximum absolute atomic E-state index is 13.9. The summed E-state index contributed by atoms with van der Waals surface area (Å²) in [5, 5.41) is 2.96. The molecule has 2 aliphatic rings. The SMILES string of the molecule is COc1ccc(CN2CCN(C(=O)/C=C/c3ccc(C(=O)NC4CC4)cc3)CC2)cc1F. The van der Waals surface area contributed by atoms with Crippen LogP contribution in [0, 0.1) is 5.82 Å². The summed E-state index contributed by atoms with van der Waals surface area (Å²) in [5.41, 5.74) is 2.40. The number of halogens is 1. The molecular weight excluding hydrogens is 409 g/mol. The van der Waals surface area contributed by atoms with Gasteiger partial charge in [0, 0.05) is 50.4 Å². The smallest absolute Gasteiger partial charge is 0.251 e. The van der Waals surface area contributed by atoms with Gasteiger partial charge < -0.3 is 15.0 Å². The van der Waals surface area contributed by atoms with Crippen molar-refractivity contribution in [2.24, 2.45) is 0 Å². The van der Waals surface area contributed by atoms with Crippen LogP contribution in [0.4, 0.5) is 4.39 Å². The maximum Gasteiger partial charge on any atom is 0.251 e. The van der Waals surface area contributed by atoms with Gasteiger partial charge in [-0.1, -0.05) is 18.2 Å². The van der Waals surface area contributed by atoms with Gasteiger partial charge in [0.15, 0.2) is 11.6 Å². The molecule has 32 heavy (non-hydrogen) atoms. The van der Waals surface area contributed by atoms with Crippen molar-refractivity contribution in [3.8, 4) is 5.75 Å². The Kier molecular flexibility index (Phi) is 6.85. The molecule has 4 rings (SSSR count). The lowest BCUT2D eigenvalue weighted by Gasteiger charge is -2.34. The van der Waals surface area contributed by atoms with Gasteiger partial charge in [0.1, 0.15) is 0 Å². The number of nitrogens with one attached hydrogen (secondary N) is 1. The average molecular weight is 438 g/mol. The molecule has 1 aliphatic carbocycles. The zero-order valence-corrected chi connectivity index (χ0v) is 18.2. The van der Waals surface area contributed by atoms with Crippen LogP contribution in [-0.2, 0) is 11.3 Å². The third kappa shape index (κ3) is 5.73. The number of hydrogen-bond acceptors (Lipinski definition) is 4. The number of piperazine rings is 1. The second kappa shape index (κ2) is 9.96. The van der Waals surface area contributed by atoms with E-state index in [4.69, 9.17) is 4.74 Å². The van der Waals surface area contributed by atoms with E-state index in [1.807, 2.05) is 23.1 Å². The predicted molar refractivity (Wildman–Crippen MR) is 121 cm³/mol. The summed E-state index contributed by atoms with van der Waals surface area (Å²) in [6.45, 7) is 3.36. The molecule has 0 atom stereocenters. The Morgan fingerprint density at radius 2 is 1.81 bits per heavy atom. The molecule has 2 aromatic rings. The van der Waals surface area contributed by atoms with Crippen molar-refractivity contribution < 1.29 is 18.7 Å². The van der Waals surface area contributed by atoms with E-state index in [1.165, 1.54) is 13.2 Å². The van der Waals surface area contributed by atoms with Crippen LogP contribution >= 0.6 is 0 Å². The van der Waals surface area contributed by atoms with Gasteiger partial charge in [0.25, 0.3) is 5.91 Å². The molecule has 0 aromatic heterocycles. The van der Waals surface area contributed by atoms with Crippen LogP contribution in [0.2, 0.25) is 0 Å². The first-order chi connectivity index (χ1) is 15.5. The highest BCUT2D eigenvalue weighted by Gasteiger charge is 2.23. The highest BCUT2D eigenvalue weighted by molar-refractivity contribution is 5.95. The summed E-state index contributed by atoms with van der Waals surface area (Å²) in [4.78, 5) is 28.6. The molecule has 7 heteroatoms. The number of amides is 2. The third-order valence-electron chi connectivity index (χ3n) is 5.81. The molecule has 0 unspecified atom stereocenters. The molecule has 1 saturated carbocycles. The van der Waals surface area contributed by atoms with Crippen molar-refractivity contribution in [3.63, 3.8) is 0 Å². The largest absolute Gasteiger partial charge is 0.494 e. The van der Waals surface area contributed by atoms with Gasteiger partial charge in [-0.3, -0.25) is 14.5 Å². The summed E-state index contributed by atoms with van der Waals surface area (Å²) in [7, 11) is 1.45. The quantitative estimate of drug-likeness (QED) is 0.677. The molecule has 1 aliphatic heterocycles. The van der Waals surface area contributed by atoms with Crippen molar-refractivity contribution in [2.45, 2.75) is 25.4 Å². The van der Waals surface area contributed by atoms with E-state index in [1.54, 1.807) is 30.4 Å². The van der Waals surface area contributed by atoms with Crippen LogP contribution in [0.3, 0.4) is 0 Å². The molecular formula is C25H28FN3O3. The minimum absolute atomic E-state index is 0.0318. The molecule has 0 radical (unpaired) electrons. The first kappa shape index (κ1) is 22.0. The number of nitrogens with zero attached hydrogens (tertiary/aromatic N) is 2. The Labute approximate surface area is 187 Å². The first-order valence-electron chi connectivity index (χ1n) is 10.9. The molecule has 1 saturated heterocycles.